The molecular weight excluding hydrogens is 258 g/mol. The van der Waals surface area contributed by atoms with E-state index in [-0.39, 0.29) is 5.69 Å². The normalized spacial score (nSPS) is 9.80. The van der Waals surface area contributed by atoms with Crippen LogP contribution in [0.3, 0.4) is 0 Å². The lowest BCUT2D eigenvalue weighted by molar-refractivity contribution is -0.384. The van der Waals surface area contributed by atoms with Gasteiger partial charge in [0.05, 0.1) is 4.92 Å². The second kappa shape index (κ2) is 5.24. The minimum absolute atomic E-state index is 0.00683. The molecule has 0 spiro atoms. The quantitative estimate of drug-likeness (QED) is 0.679. The maximum absolute atomic E-state index is 10.6. The predicted octanol–water partition coefficient (Wildman–Crippen LogP) is 2.42. The Morgan fingerprint density at radius 2 is 2.15 bits per heavy atom. The second-order valence-corrected chi connectivity index (χ2v) is 3.96. The summed E-state index contributed by atoms with van der Waals surface area (Å²) in [4.78, 5) is 10.2. The molecule has 2 aromatic rings. The van der Waals surface area contributed by atoms with E-state index in [1.807, 2.05) is 0 Å². The van der Waals surface area contributed by atoms with Crippen LogP contribution in [0.5, 0.6) is 0 Å². The highest BCUT2D eigenvalue weighted by atomic mass is 16.6. The Bertz CT molecular complexity index is 710. The molecule has 0 aliphatic carbocycles. The lowest BCUT2D eigenvalue weighted by Gasteiger charge is -1.99. The number of aryl methyl sites for hydroxylation is 1. The fourth-order valence-corrected chi connectivity index (χ4v) is 1.84. The predicted molar refractivity (Wildman–Crippen MR) is 73.8 cm³/mol. The summed E-state index contributed by atoms with van der Waals surface area (Å²) >= 11 is 0. The standard InChI is InChI=1S/C13H11N5O2/c1-3-15-13-11(8-14)12(16-17(13)2)9-4-6-10(7-5-9)18(19)20/h3-7,15H,1H2,2H3. The number of aromatic nitrogens is 2. The van der Waals surface area contributed by atoms with Crippen LogP contribution in [0.1, 0.15) is 5.56 Å². The summed E-state index contributed by atoms with van der Waals surface area (Å²) in [5.74, 6) is 0.524. The van der Waals surface area contributed by atoms with Crippen molar-refractivity contribution in [1.82, 2.24) is 9.78 Å². The van der Waals surface area contributed by atoms with E-state index in [0.29, 0.717) is 22.6 Å². The molecule has 1 N–H and O–H groups in total. The molecule has 0 amide bonds. The highest BCUT2D eigenvalue weighted by Gasteiger charge is 2.17. The first-order valence-electron chi connectivity index (χ1n) is 5.68. The van der Waals surface area contributed by atoms with E-state index in [1.165, 1.54) is 23.0 Å². The summed E-state index contributed by atoms with van der Waals surface area (Å²) < 4.78 is 1.52. The maximum Gasteiger partial charge on any atom is 0.269 e. The molecule has 0 aliphatic rings. The van der Waals surface area contributed by atoms with E-state index in [1.54, 1.807) is 19.2 Å². The van der Waals surface area contributed by atoms with Gasteiger partial charge in [0.2, 0.25) is 0 Å². The molecule has 0 atom stereocenters. The Hall–Kier alpha value is -3.14. The van der Waals surface area contributed by atoms with Gasteiger partial charge < -0.3 is 5.32 Å². The molecule has 0 aliphatic heterocycles. The third kappa shape index (κ3) is 2.22. The summed E-state index contributed by atoms with van der Waals surface area (Å²) in [5.41, 5.74) is 1.46. The molecule has 7 heteroatoms. The van der Waals surface area contributed by atoms with Crippen LogP contribution >= 0.6 is 0 Å². The molecule has 0 radical (unpaired) electrons. The summed E-state index contributed by atoms with van der Waals surface area (Å²) in [6, 6.07) is 7.98. The summed E-state index contributed by atoms with van der Waals surface area (Å²) in [7, 11) is 1.70. The molecule has 1 heterocycles. The van der Waals surface area contributed by atoms with Crippen LogP contribution < -0.4 is 5.32 Å². The van der Waals surface area contributed by atoms with Crippen LogP contribution in [0.25, 0.3) is 11.3 Å². The third-order valence-electron chi connectivity index (χ3n) is 2.75. The first-order chi connectivity index (χ1) is 9.58. The van der Waals surface area contributed by atoms with E-state index < -0.39 is 4.92 Å². The number of rotatable bonds is 4. The molecule has 7 nitrogen and oxygen atoms in total. The topological polar surface area (TPSA) is 96.8 Å². The Balaban J connectivity index is 2.53. The monoisotopic (exact) mass is 269 g/mol. The summed E-state index contributed by atoms with van der Waals surface area (Å²) in [6.07, 6.45) is 1.46. The van der Waals surface area contributed by atoms with Crippen molar-refractivity contribution < 1.29 is 4.92 Å². The molecule has 100 valence electrons. The Labute approximate surface area is 114 Å². The first-order valence-corrected chi connectivity index (χ1v) is 5.68. The molecule has 0 unspecified atom stereocenters. The van der Waals surface area contributed by atoms with Gasteiger partial charge in [0.1, 0.15) is 23.1 Å². The van der Waals surface area contributed by atoms with Gasteiger partial charge in [-0.05, 0) is 18.3 Å². The maximum atomic E-state index is 10.6. The average Bonchev–Trinajstić information content (AvgIpc) is 2.76. The minimum atomic E-state index is -0.474. The van der Waals surface area contributed by atoms with Crippen molar-refractivity contribution in [3.63, 3.8) is 0 Å². The van der Waals surface area contributed by atoms with Crippen LogP contribution in [0.2, 0.25) is 0 Å². The molecule has 2 rings (SSSR count). The number of nitro groups is 1. The number of nitriles is 1. The van der Waals surface area contributed by atoms with E-state index in [4.69, 9.17) is 0 Å². The number of anilines is 1. The molecule has 20 heavy (non-hydrogen) atoms. The van der Waals surface area contributed by atoms with Gasteiger partial charge in [0, 0.05) is 24.7 Å². The van der Waals surface area contributed by atoms with Crippen molar-refractivity contribution in [3.8, 4) is 17.3 Å². The van der Waals surface area contributed by atoms with E-state index >= 15 is 0 Å². The Kier molecular flexibility index (Phi) is 3.48. The van der Waals surface area contributed by atoms with Crippen LogP contribution in [0.4, 0.5) is 11.5 Å². The van der Waals surface area contributed by atoms with Gasteiger partial charge in [-0.25, -0.2) is 0 Å². The van der Waals surface area contributed by atoms with Crippen molar-refractivity contribution in [2.45, 2.75) is 0 Å². The van der Waals surface area contributed by atoms with Gasteiger partial charge >= 0.3 is 0 Å². The van der Waals surface area contributed by atoms with Crippen molar-refractivity contribution in [2.24, 2.45) is 7.05 Å². The minimum Gasteiger partial charge on any atom is -0.346 e. The number of non-ortho nitro benzene ring substituents is 1. The highest BCUT2D eigenvalue weighted by molar-refractivity contribution is 5.74. The summed E-state index contributed by atoms with van der Waals surface area (Å²) in [5, 5.41) is 27.0. The SMILES string of the molecule is C=CNc1c(C#N)c(-c2ccc([N+](=O)[O-])cc2)nn1C. The molecule has 0 saturated carbocycles. The molecule has 0 bridgehead atoms. The molecule has 0 fully saturated rings. The largest absolute Gasteiger partial charge is 0.346 e. The molecular formula is C13H11N5O2. The van der Waals surface area contributed by atoms with E-state index in [0.717, 1.165) is 0 Å². The Morgan fingerprint density at radius 3 is 2.65 bits per heavy atom. The molecule has 1 aromatic heterocycles. The average molecular weight is 269 g/mol. The van der Waals surface area contributed by atoms with Crippen molar-refractivity contribution in [3.05, 3.63) is 52.7 Å². The number of nitrogens with one attached hydrogen (secondary N) is 1. The molecule has 1 aromatic carbocycles. The smallest absolute Gasteiger partial charge is 0.269 e. The van der Waals surface area contributed by atoms with Gasteiger partial charge in [0.15, 0.2) is 0 Å². The van der Waals surface area contributed by atoms with Crippen molar-refractivity contribution in [2.75, 3.05) is 5.32 Å². The van der Waals surface area contributed by atoms with Crippen LogP contribution in [0.15, 0.2) is 37.0 Å². The zero-order valence-corrected chi connectivity index (χ0v) is 10.7. The fourth-order valence-electron chi connectivity index (χ4n) is 1.84. The van der Waals surface area contributed by atoms with Gasteiger partial charge in [-0.1, -0.05) is 6.58 Å². The number of benzene rings is 1. The fraction of sp³-hybridized carbons (Fsp3) is 0.0769. The van der Waals surface area contributed by atoms with Crippen LogP contribution in [-0.4, -0.2) is 14.7 Å². The van der Waals surface area contributed by atoms with Crippen LogP contribution in [0, 0.1) is 21.4 Å². The lowest BCUT2D eigenvalue weighted by Crippen LogP contribution is -1.98. The highest BCUT2D eigenvalue weighted by Crippen LogP contribution is 2.28. The lowest BCUT2D eigenvalue weighted by atomic mass is 10.1. The van der Waals surface area contributed by atoms with Gasteiger partial charge in [-0.2, -0.15) is 10.4 Å². The number of hydrogen-bond donors (Lipinski definition) is 1. The summed E-state index contributed by atoms with van der Waals surface area (Å²) in [6.45, 7) is 3.55. The number of nitrogens with zero attached hydrogens (tertiary/aromatic N) is 4. The Morgan fingerprint density at radius 1 is 1.50 bits per heavy atom. The zero-order valence-electron chi connectivity index (χ0n) is 10.7. The second-order valence-electron chi connectivity index (χ2n) is 3.96. The zero-order chi connectivity index (χ0) is 14.7. The van der Waals surface area contributed by atoms with Gasteiger partial charge in [-0.15, -0.1) is 0 Å². The van der Waals surface area contributed by atoms with Gasteiger partial charge in [-0.3, -0.25) is 14.8 Å². The van der Waals surface area contributed by atoms with E-state index in [2.05, 4.69) is 23.1 Å². The number of hydrogen-bond acceptors (Lipinski definition) is 5. The molecule has 0 saturated heterocycles. The van der Waals surface area contributed by atoms with E-state index in [9.17, 15) is 15.4 Å². The first kappa shape index (κ1) is 13.3. The van der Waals surface area contributed by atoms with Crippen molar-refractivity contribution >= 4 is 11.5 Å². The number of nitro benzene ring substituents is 1. The van der Waals surface area contributed by atoms with Crippen LogP contribution in [-0.2, 0) is 7.05 Å². The van der Waals surface area contributed by atoms with Gasteiger partial charge in [0.25, 0.3) is 5.69 Å². The van der Waals surface area contributed by atoms with Crippen molar-refractivity contribution in [1.29, 1.82) is 5.26 Å². The third-order valence-corrected chi connectivity index (χ3v) is 2.75.